The fourth-order valence-electron chi connectivity index (χ4n) is 3.60. The number of hydrogen-bond donors (Lipinski definition) is 3. The van der Waals surface area contributed by atoms with Gasteiger partial charge in [0, 0.05) is 37.9 Å². The minimum Gasteiger partial charge on any atom is -0.370 e. The van der Waals surface area contributed by atoms with Crippen LogP contribution in [0.4, 0.5) is 11.4 Å². The normalized spacial score (nSPS) is 17.0. The molecule has 0 aliphatic carbocycles. The molecule has 134 valence electrons. The maximum Gasteiger partial charge on any atom is 0.257 e. The zero-order chi connectivity index (χ0) is 18.1. The summed E-state index contributed by atoms with van der Waals surface area (Å²) in [6.07, 6.45) is 7.96. The van der Waals surface area contributed by atoms with E-state index in [-0.39, 0.29) is 5.91 Å². The lowest BCUT2D eigenvalue weighted by molar-refractivity contribution is 0.102. The van der Waals surface area contributed by atoms with E-state index in [1.807, 2.05) is 6.20 Å². The Kier molecular flexibility index (Phi) is 4.30. The Labute approximate surface area is 151 Å². The third kappa shape index (κ3) is 2.90. The van der Waals surface area contributed by atoms with Gasteiger partial charge in [-0.3, -0.25) is 9.78 Å². The zero-order valence-corrected chi connectivity index (χ0v) is 14.7. The summed E-state index contributed by atoms with van der Waals surface area (Å²) in [5, 5.41) is 3.94. The average Bonchev–Trinajstić information content (AvgIpc) is 3.30. The molecule has 0 bridgehead atoms. The Bertz CT molecular complexity index is 936. The SMILES string of the molecule is Cc1cnc2[nH]cc(NC(=O)c3cccnc3)c2c1N1CC[C@@H](CN)C1. The van der Waals surface area contributed by atoms with Crippen LogP contribution in [0.3, 0.4) is 0 Å². The Morgan fingerprint density at radius 3 is 3.08 bits per heavy atom. The van der Waals surface area contributed by atoms with E-state index < -0.39 is 0 Å². The molecule has 1 saturated heterocycles. The summed E-state index contributed by atoms with van der Waals surface area (Å²) in [6, 6.07) is 3.49. The number of aryl methyl sites for hydroxylation is 1. The first-order valence-corrected chi connectivity index (χ1v) is 8.80. The van der Waals surface area contributed by atoms with Crippen molar-refractivity contribution in [1.82, 2.24) is 15.0 Å². The maximum atomic E-state index is 12.6. The van der Waals surface area contributed by atoms with Crippen molar-refractivity contribution >= 4 is 28.3 Å². The smallest absolute Gasteiger partial charge is 0.257 e. The largest absolute Gasteiger partial charge is 0.370 e. The van der Waals surface area contributed by atoms with Crippen LogP contribution in [0.2, 0.25) is 0 Å². The molecule has 0 saturated carbocycles. The summed E-state index contributed by atoms with van der Waals surface area (Å²) >= 11 is 0. The Hall–Kier alpha value is -2.93. The quantitative estimate of drug-likeness (QED) is 0.670. The molecule has 1 fully saturated rings. The summed E-state index contributed by atoms with van der Waals surface area (Å²) in [7, 11) is 0. The van der Waals surface area contributed by atoms with Crippen molar-refractivity contribution in [2.24, 2.45) is 11.7 Å². The second-order valence-electron chi connectivity index (χ2n) is 6.75. The van der Waals surface area contributed by atoms with Gasteiger partial charge in [-0.25, -0.2) is 4.98 Å². The minimum atomic E-state index is -0.187. The highest BCUT2D eigenvalue weighted by atomic mass is 16.1. The van der Waals surface area contributed by atoms with Crippen LogP contribution in [0.5, 0.6) is 0 Å². The van der Waals surface area contributed by atoms with Gasteiger partial charge < -0.3 is 20.9 Å². The molecule has 1 atom stereocenters. The minimum absolute atomic E-state index is 0.187. The molecule has 26 heavy (non-hydrogen) atoms. The lowest BCUT2D eigenvalue weighted by Gasteiger charge is -2.22. The fourth-order valence-corrected chi connectivity index (χ4v) is 3.60. The van der Waals surface area contributed by atoms with Crippen molar-refractivity contribution in [2.75, 3.05) is 29.9 Å². The molecular formula is C19H22N6O. The molecule has 0 radical (unpaired) electrons. The number of amides is 1. The van der Waals surface area contributed by atoms with Crippen LogP contribution in [0, 0.1) is 12.8 Å². The number of aromatic nitrogens is 3. The summed E-state index contributed by atoms with van der Waals surface area (Å²) in [4.78, 5) is 26.6. The number of H-pyrrole nitrogens is 1. The number of carbonyl (C=O) groups excluding carboxylic acids is 1. The van der Waals surface area contributed by atoms with Crippen LogP contribution >= 0.6 is 0 Å². The van der Waals surface area contributed by atoms with E-state index in [9.17, 15) is 4.79 Å². The van der Waals surface area contributed by atoms with Gasteiger partial charge in [-0.2, -0.15) is 0 Å². The first kappa shape index (κ1) is 16.5. The number of pyridine rings is 2. The van der Waals surface area contributed by atoms with Crippen LogP contribution in [-0.2, 0) is 0 Å². The Balaban J connectivity index is 1.72. The van der Waals surface area contributed by atoms with Crippen molar-refractivity contribution in [3.8, 4) is 0 Å². The predicted molar refractivity (Wildman–Crippen MR) is 102 cm³/mol. The Morgan fingerprint density at radius 2 is 2.35 bits per heavy atom. The van der Waals surface area contributed by atoms with Crippen molar-refractivity contribution < 1.29 is 4.79 Å². The number of nitrogens with zero attached hydrogens (tertiary/aromatic N) is 3. The summed E-state index contributed by atoms with van der Waals surface area (Å²) in [5.74, 6) is 0.317. The molecule has 1 aliphatic heterocycles. The van der Waals surface area contributed by atoms with Crippen LogP contribution in [0.1, 0.15) is 22.3 Å². The van der Waals surface area contributed by atoms with Gasteiger partial charge in [0.1, 0.15) is 5.65 Å². The van der Waals surface area contributed by atoms with Gasteiger partial charge >= 0.3 is 0 Å². The van der Waals surface area contributed by atoms with Crippen LogP contribution in [0.15, 0.2) is 36.9 Å². The monoisotopic (exact) mass is 350 g/mol. The fraction of sp³-hybridized carbons (Fsp3) is 0.316. The first-order valence-electron chi connectivity index (χ1n) is 8.80. The van der Waals surface area contributed by atoms with Crippen LogP contribution in [-0.4, -0.2) is 40.5 Å². The van der Waals surface area contributed by atoms with Crippen molar-refractivity contribution in [1.29, 1.82) is 0 Å². The number of fused-ring (bicyclic) bond motifs is 1. The van der Waals surface area contributed by atoms with Crippen LogP contribution < -0.4 is 16.0 Å². The van der Waals surface area contributed by atoms with Crippen molar-refractivity contribution in [2.45, 2.75) is 13.3 Å². The summed E-state index contributed by atoms with van der Waals surface area (Å²) in [5.41, 5.74) is 10.1. The molecule has 3 aromatic heterocycles. The molecule has 1 aliphatic rings. The summed E-state index contributed by atoms with van der Waals surface area (Å²) < 4.78 is 0. The van der Waals surface area contributed by atoms with E-state index in [4.69, 9.17) is 5.73 Å². The number of anilines is 2. The van der Waals surface area contributed by atoms with Crippen LogP contribution in [0.25, 0.3) is 11.0 Å². The van der Waals surface area contributed by atoms with E-state index in [1.165, 1.54) is 0 Å². The second-order valence-corrected chi connectivity index (χ2v) is 6.75. The molecule has 1 amide bonds. The first-order chi connectivity index (χ1) is 12.7. The lowest BCUT2D eigenvalue weighted by atomic mass is 10.1. The standard InChI is InChI=1S/C19H22N6O/c1-12-8-22-18-16(17(12)25-6-4-13(7-20)11-25)15(10-23-18)24-19(26)14-3-2-5-21-9-14/h2-3,5,8-10,13H,4,6-7,11,20H2,1H3,(H,22,23)(H,24,26)/t13-/m0/s1. The van der Waals surface area contributed by atoms with Gasteiger partial charge in [0.25, 0.3) is 5.91 Å². The molecule has 4 heterocycles. The van der Waals surface area contributed by atoms with Crippen molar-refractivity contribution in [3.05, 3.63) is 48.0 Å². The highest BCUT2D eigenvalue weighted by molar-refractivity contribution is 6.11. The third-order valence-electron chi connectivity index (χ3n) is 4.96. The summed E-state index contributed by atoms with van der Waals surface area (Å²) in [6.45, 7) is 4.64. The Morgan fingerprint density at radius 1 is 1.46 bits per heavy atom. The van der Waals surface area contributed by atoms with Gasteiger partial charge in [0.15, 0.2) is 0 Å². The van der Waals surface area contributed by atoms with E-state index in [1.54, 1.807) is 30.7 Å². The molecule has 7 nitrogen and oxygen atoms in total. The molecular weight excluding hydrogens is 328 g/mol. The van der Waals surface area contributed by atoms with Gasteiger partial charge in [0.2, 0.25) is 0 Å². The lowest BCUT2D eigenvalue weighted by Crippen LogP contribution is -2.23. The zero-order valence-electron chi connectivity index (χ0n) is 14.7. The maximum absolute atomic E-state index is 12.6. The van der Waals surface area contributed by atoms with E-state index >= 15 is 0 Å². The molecule has 0 unspecified atom stereocenters. The van der Waals surface area contributed by atoms with E-state index in [2.05, 4.69) is 32.1 Å². The molecule has 3 aromatic rings. The van der Waals surface area contributed by atoms with E-state index in [0.717, 1.165) is 47.5 Å². The highest BCUT2D eigenvalue weighted by Gasteiger charge is 2.26. The number of rotatable bonds is 4. The number of nitrogens with two attached hydrogens (primary N) is 1. The van der Waals surface area contributed by atoms with Gasteiger partial charge in [-0.05, 0) is 43.5 Å². The van der Waals surface area contributed by atoms with Gasteiger partial charge in [0.05, 0.1) is 22.3 Å². The molecule has 4 rings (SSSR count). The highest BCUT2D eigenvalue weighted by Crippen LogP contribution is 2.37. The average molecular weight is 350 g/mol. The molecule has 0 spiro atoms. The number of nitrogens with one attached hydrogen (secondary N) is 2. The second kappa shape index (κ2) is 6.76. The number of carbonyl (C=O) groups is 1. The topological polar surface area (TPSA) is 99.9 Å². The number of aromatic amines is 1. The molecule has 4 N–H and O–H groups in total. The number of hydrogen-bond acceptors (Lipinski definition) is 5. The molecule has 0 aromatic carbocycles. The van der Waals surface area contributed by atoms with Gasteiger partial charge in [-0.15, -0.1) is 0 Å². The third-order valence-corrected chi connectivity index (χ3v) is 4.96. The van der Waals surface area contributed by atoms with Crippen molar-refractivity contribution in [3.63, 3.8) is 0 Å². The van der Waals surface area contributed by atoms with E-state index in [0.29, 0.717) is 18.0 Å². The van der Waals surface area contributed by atoms with Gasteiger partial charge in [-0.1, -0.05) is 0 Å². The molecule has 7 heteroatoms. The predicted octanol–water partition coefficient (Wildman–Crippen LogP) is 2.30.